The highest BCUT2D eigenvalue weighted by molar-refractivity contribution is 7.07. The summed E-state index contributed by atoms with van der Waals surface area (Å²) in [6.45, 7) is 2.26. The predicted molar refractivity (Wildman–Crippen MR) is 72.1 cm³/mol. The van der Waals surface area contributed by atoms with Crippen LogP contribution in [0.2, 0.25) is 0 Å². The van der Waals surface area contributed by atoms with Gasteiger partial charge in [0.15, 0.2) is 0 Å². The van der Waals surface area contributed by atoms with Gasteiger partial charge in [0.05, 0.1) is 0 Å². The van der Waals surface area contributed by atoms with Gasteiger partial charge in [0.2, 0.25) is 0 Å². The maximum absolute atomic E-state index is 3.53. The van der Waals surface area contributed by atoms with Crippen molar-refractivity contribution < 1.29 is 0 Å². The Hall–Kier alpha value is -0.600. The standard InChI is InChI=1S/C14H21NS/c1-2-4-13(5-3-1)6-9-15-10-7-14-8-11-16-12-14/h4,8,11-12,15H,1-3,5-7,9-10H2. The van der Waals surface area contributed by atoms with Gasteiger partial charge in [0.25, 0.3) is 0 Å². The third kappa shape index (κ3) is 4.11. The lowest BCUT2D eigenvalue weighted by atomic mass is 9.97. The van der Waals surface area contributed by atoms with Gasteiger partial charge in [-0.05, 0) is 74.0 Å². The summed E-state index contributed by atoms with van der Waals surface area (Å²) in [6, 6.07) is 2.22. The number of hydrogen-bond acceptors (Lipinski definition) is 2. The monoisotopic (exact) mass is 235 g/mol. The normalized spacial score (nSPS) is 16.1. The van der Waals surface area contributed by atoms with Gasteiger partial charge < -0.3 is 5.32 Å². The highest BCUT2D eigenvalue weighted by atomic mass is 32.1. The van der Waals surface area contributed by atoms with Crippen LogP contribution in [0.5, 0.6) is 0 Å². The average molecular weight is 235 g/mol. The molecular weight excluding hydrogens is 214 g/mol. The van der Waals surface area contributed by atoms with E-state index in [0.29, 0.717) is 0 Å². The van der Waals surface area contributed by atoms with Crippen molar-refractivity contribution in [3.05, 3.63) is 34.0 Å². The maximum Gasteiger partial charge on any atom is -0.000793 e. The van der Waals surface area contributed by atoms with Crippen LogP contribution < -0.4 is 5.32 Å². The molecule has 1 aromatic rings. The molecule has 0 unspecified atom stereocenters. The van der Waals surface area contributed by atoms with Crippen molar-refractivity contribution in [1.82, 2.24) is 5.32 Å². The zero-order valence-electron chi connectivity index (χ0n) is 9.87. The molecule has 1 heterocycles. The number of rotatable bonds is 6. The molecule has 1 aliphatic rings. The fraction of sp³-hybridized carbons (Fsp3) is 0.571. The second-order valence-electron chi connectivity index (χ2n) is 4.49. The Morgan fingerprint density at radius 2 is 2.12 bits per heavy atom. The van der Waals surface area contributed by atoms with Crippen molar-refractivity contribution in [2.45, 2.75) is 38.5 Å². The fourth-order valence-electron chi connectivity index (χ4n) is 2.17. The zero-order valence-corrected chi connectivity index (χ0v) is 10.7. The summed E-state index contributed by atoms with van der Waals surface area (Å²) in [5, 5.41) is 7.93. The molecule has 2 rings (SSSR count). The summed E-state index contributed by atoms with van der Waals surface area (Å²) in [4.78, 5) is 0. The van der Waals surface area contributed by atoms with Crippen molar-refractivity contribution in [2.24, 2.45) is 0 Å². The molecule has 0 saturated carbocycles. The minimum atomic E-state index is 1.12. The molecule has 0 aliphatic heterocycles. The summed E-state index contributed by atoms with van der Waals surface area (Å²) in [5.74, 6) is 0. The van der Waals surface area contributed by atoms with Crippen LogP contribution in [0.1, 0.15) is 37.7 Å². The van der Waals surface area contributed by atoms with Crippen molar-refractivity contribution in [1.29, 1.82) is 0 Å². The molecule has 0 saturated heterocycles. The molecule has 0 spiro atoms. The molecule has 0 fully saturated rings. The molecule has 2 heteroatoms. The Morgan fingerprint density at radius 1 is 1.19 bits per heavy atom. The van der Waals surface area contributed by atoms with E-state index in [1.165, 1.54) is 44.1 Å². The first-order valence-electron chi connectivity index (χ1n) is 6.35. The lowest BCUT2D eigenvalue weighted by molar-refractivity contribution is 0.632. The number of hydrogen-bond donors (Lipinski definition) is 1. The van der Waals surface area contributed by atoms with E-state index in [1.54, 1.807) is 16.9 Å². The Morgan fingerprint density at radius 3 is 2.88 bits per heavy atom. The third-order valence-electron chi connectivity index (χ3n) is 3.18. The lowest BCUT2D eigenvalue weighted by Crippen LogP contribution is -2.19. The molecule has 16 heavy (non-hydrogen) atoms. The van der Waals surface area contributed by atoms with Gasteiger partial charge in [-0.25, -0.2) is 0 Å². The van der Waals surface area contributed by atoms with Crippen LogP contribution in [0, 0.1) is 0 Å². The Bertz CT molecular complexity index is 313. The fourth-order valence-corrected chi connectivity index (χ4v) is 2.88. The van der Waals surface area contributed by atoms with Crippen LogP contribution in [-0.4, -0.2) is 13.1 Å². The van der Waals surface area contributed by atoms with Gasteiger partial charge in [-0.2, -0.15) is 11.3 Å². The van der Waals surface area contributed by atoms with Crippen LogP contribution in [0.3, 0.4) is 0 Å². The van der Waals surface area contributed by atoms with E-state index in [-0.39, 0.29) is 0 Å². The molecule has 1 N–H and O–H groups in total. The van der Waals surface area contributed by atoms with Crippen molar-refractivity contribution in [3.8, 4) is 0 Å². The summed E-state index contributed by atoms with van der Waals surface area (Å²) >= 11 is 1.79. The van der Waals surface area contributed by atoms with Gasteiger partial charge in [-0.15, -0.1) is 0 Å². The molecule has 0 aromatic carbocycles. The van der Waals surface area contributed by atoms with Crippen LogP contribution >= 0.6 is 11.3 Å². The zero-order chi connectivity index (χ0) is 11.1. The first-order chi connectivity index (χ1) is 7.95. The summed E-state index contributed by atoms with van der Waals surface area (Å²) < 4.78 is 0. The minimum Gasteiger partial charge on any atom is -0.316 e. The van der Waals surface area contributed by atoms with Gasteiger partial charge in [-0.3, -0.25) is 0 Å². The molecular formula is C14H21NS. The van der Waals surface area contributed by atoms with Gasteiger partial charge in [-0.1, -0.05) is 11.6 Å². The number of allylic oxidation sites excluding steroid dienone is 1. The van der Waals surface area contributed by atoms with E-state index in [4.69, 9.17) is 0 Å². The van der Waals surface area contributed by atoms with E-state index in [9.17, 15) is 0 Å². The maximum atomic E-state index is 3.53. The molecule has 0 radical (unpaired) electrons. The van der Waals surface area contributed by atoms with Gasteiger partial charge in [0, 0.05) is 0 Å². The predicted octanol–water partition coefficient (Wildman–Crippen LogP) is 3.77. The van der Waals surface area contributed by atoms with Crippen LogP contribution in [0.25, 0.3) is 0 Å². The number of nitrogens with one attached hydrogen (secondary N) is 1. The van der Waals surface area contributed by atoms with E-state index < -0.39 is 0 Å². The largest absolute Gasteiger partial charge is 0.316 e. The topological polar surface area (TPSA) is 12.0 Å². The molecule has 1 aromatic heterocycles. The molecule has 88 valence electrons. The van der Waals surface area contributed by atoms with Gasteiger partial charge >= 0.3 is 0 Å². The summed E-state index contributed by atoms with van der Waals surface area (Å²) in [7, 11) is 0. The Labute approximate surface area is 103 Å². The molecule has 0 bridgehead atoms. The minimum absolute atomic E-state index is 1.12. The van der Waals surface area contributed by atoms with Crippen LogP contribution in [-0.2, 0) is 6.42 Å². The lowest BCUT2D eigenvalue weighted by Gasteiger charge is -2.12. The quantitative estimate of drug-likeness (QED) is 0.584. The Balaban J connectivity index is 1.53. The van der Waals surface area contributed by atoms with Crippen molar-refractivity contribution in [3.63, 3.8) is 0 Å². The van der Waals surface area contributed by atoms with E-state index in [0.717, 1.165) is 13.1 Å². The molecule has 1 nitrogen and oxygen atoms in total. The first kappa shape index (κ1) is 11.9. The highest BCUT2D eigenvalue weighted by Gasteiger charge is 2.02. The molecule has 0 atom stereocenters. The average Bonchev–Trinajstić information content (AvgIpc) is 2.83. The van der Waals surface area contributed by atoms with Crippen LogP contribution in [0.4, 0.5) is 0 Å². The second-order valence-corrected chi connectivity index (χ2v) is 5.27. The molecule has 1 aliphatic carbocycles. The van der Waals surface area contributed by atoms with Crippen molar-refractivity contribution in [2.75, 3.05) is 13.1 Å². The first-order valence-corrected chi connectivity index (χ1v) is 7.29. The summed E-state index contributed by atoms with van der Waals surface area (Å²) in [6.07, 6.45) is 10.3. The number of thiophene rings is 1. The van der Waals surface area contributed by atoms with E-state index in [1.807, 2.05) is 0 Å². The van der Waals surface area contributed by atoms with Crippen LogP contribution in [0.15, 0.2) is 28.5 Å². The highest BCUT2D eigenvalue weighted by Crippen LogP contribution is 2.19. The van der Waals surface area contributed by atoms with Gasteiger partial charge in [0.1, 0.15) is 0 Å². The summed E-state index contributed by atoms with van der Waals surface area (Å²) in [5.41, 5.74) is 3.14. The Kier molecular flexibility index (Phi) is 5.10. The molecule has 0 amide bonds. The van der Waals surface area contributed by atoms with E-state index >= 15 is 0 Å². The third-order valence-corrected chi connectivity index (χ3v) is 3.91. The second kappa shape index (κ2) is 6.87. The SMILES string of the molecule is C1=C(CCNCCc2ccsc2)CCCC1. The smallest absolute Gasteiger partial charge is 0.000793 e. The van der Waals surface area contributed by atoms with Crippen molar-refractivity contribution >= 4 is 11.3 Å². The van der Waals surface area contributed by atoms with E-state index in [2.05, 4.69) is 28.2 Å².